The van der Waals surface area contributed by atoms with E-state index >= 15 is 0 Å². The third-order valence-corrected chi connectivity index (χ3v) is 5.84. The van der Waals surface area contributed by atoms with Gasteiger partial charge >= 0.3 is 12.3 Å². The van der Waals surface area contributed by atoms with E-state index in [0.29, 0.717) is 16.6 Å². The second-order valence-electron chi connectivity index (χ2n) is 8.21. The van der Waals surface area contributed by atoms with Gasteiger partial charge in [-0.15, -0.1) is 13.2 Å². The summed E-state index contributed by atoms with van der Waals surface area (Å²) in [6.07, 6.45) is -4.86. The van der Waals surface area contributed by atoms with Gasteiger partial charge in [-0.25, -0.2) is 0 Å². The minimum Gasteiger partial charge on any atom is -0.481 e. The summed E-state index contributed by atoms with van der Waals surface area (Å²) in [5.74, 6) is -2.85. The molecule has 0 radical (unpaired) electrons. The van der Waals surface area contributed by atoms with E-state index in [1.807, 2.05) is 13.8 Å². The second kappa shape index (κ2) is 6.76. The van der Waals surface area contributed by atoms with Crippen molar-refractivity contribution in [1.82, 2.24) is 4.57 Å². The Morgan fingerprint density at radius 1 is 1.13 bits per heavy atom. The number of hydrogen-bond acceptors (Lipinski definition) is 3. The summed E-state index contributed by atoms with van der Waals surface area (Å²) in [7, 11) is 0. The molecule has 162 valence electrons. The number of amides is 1. The fourth-order valence-electron chi connectivity index (χ4n) is 4.42. The molecule has 1 aromatic heterocycles. The van der Waals surface area contributed by atoms with E-state index < -0.39 is 35.3 Å². The number of aromatic nitrogens is 1. The van der Waals surface area contributed by atoms with Crippen LogP contribution in [0.3, 0.4) is 0 Å². The molecule has 2 unspecified atom stereocenters. The van der Waals surface area contributed by atoms with Gasteiger partial charge in [-0.3, -0.25) is 9.59 Å². The maximum absolute atomic E-state index is 12.7. The van der Waals surface area contributed by atoms with E-state index in [1.54, 1.807) is 24.3 Å². The van der Waals surface area contributed by atoms with Gasteiger partial charge in [-0.1, -0.05) is 26.0 Å². The summed E-state index contributed by atoms with van der Waals surface area (Å²) in [6.45, 7) is 3.73. The van der Waals surface area contributed by atoms with Gasteiger partial charge in [-0.2, -0.15) is 0 Å². The van der Waals surface area contributed by atoms with E-state index in [2.05, 4.69) is 4.74 Å². The number of carbonyl (C=O) groups excluding carboxylic acids is 1. The minimum absolute atomic E-state index is 0.0844. The van der Waals surface area contributed by atoms with Crippen LogP contribution in [0.1, 0.15) is 35.8 Å². The Bertz CT molecular complexity index is 1210. The number of nitrogens with zero attached hydrogens (tertiary/aromatic N) is 1. The highest BCUT2D eigenvalue weighted by Crippen LogP contribution is 2.64. The fraction of sp³-hybridized carbons (Fsp3) is 0.273. The van der Waals surface area contributed by atoms with Crippen molar-refractivity contribution in [1.29, 1.82) is 0 Å². The molecule has 4 rings (SSSR count). The van der Waals surface area contributed by atoms with Crippen LogP contribution < -0.4 is 10.5 Å². The number of carboxylic acid groups (broad SMARTS) is 1. The maximum atomic E-state index is 12.7. The molecule has 1 aliphatic carbocycles. The van der Waals surface area contributed by atoms with E-state index in [1.165, 1.54) is 22.8 Å². The van der Waals surface area contributed by atoms with Crippen LogP contribution in [0.4, 0.5) is 13.2 Å². The van der Waals surface area contributed by atoms with Crippen LogP contribution >= 0.6 is 0 Å². The lowest BCUT2D eigenvalue weighted by atomic mass is 10.0. The van der Waals surface area contributed by atoms with Crippen molar-refractivity contribution in [2.24, 2.45) is 17.1 Å². The van der Waals surface area contributed by atoms with Crippen molar-refractivity contribution in [3.63, 3.8) is 0 Å². The molecule has 0 spiro atoms. The summed E-state index contributed by atoms with van der Waals surface area (Å²) in [4.78, 5) is 23.6. The first-order chi connectivity index (χ1) is 14.4. The van der Waals surface area contributed by atoms with Gasteiger partial charge in [0, 0.05) is 23.1 Å². The molecular formula is C22H19F3N2O4. The summed E-state index contributed by atoms with van der Waals surface area (Å²) in [5, 5.41) is 9.99. The van der Waals surface area contributed by atoms with Crippen molar-refractivity contribution < 1.29 is 32.6 Å². The molecule has 2 atom stereocenters. The van der Waals surface area contributed by atoms with Crippen LogP contribution in [-0.2, 0) is 4.79 Å². The highest BCUT2D eigenvalue weighted by Gasteiger charge is 2.62. The van der Waals surface area contributed by atoms with Gasteiger partial charge in [0.2, 0.25) is 0 Å². The Morgan fingerprint density at radius 3 is 2.42 bits per heavy atom. The first-order valence-electron chi connectivity index (χ1n) is 9.44. The molecule has 1 heterocycles. The summed E-state index contributed by atoms with van der Waals surface area (Å²) in [5.41, 5.74) is 6.71. The number of fused-ring (bicyclic) bond motifs is 1. The molecule has 1 aliphatic rings. The molecule has 1 fully saturated rings. The van der Waals surface area contributed by atoms with Crippen molar-refractivity contribution in [3.8, 4) is 11.4 Å². The quantitative estimate of drug-likeness (QED) is 0.623. The van der Waals surface area contributed by atoms with E-state index in [9.17, 15) is 27.9 Å². The molecular weight excluding hydrogens is 413 g/mol. The third-order valence-electron chi connectivity index (χ3n) is 5.84. The molecule has 1 amide bonds. The Hall–Kier alpha value is -3.49. The van der Waals surface area contributed by atoms with E-state index in [4.69, 9.17) is 5.73 Å². The molecule has 9 heteroatoms. The minimum atomic E-state index is -4.86. The second-order valence-corrected chi connectivity index (χ2v) is 8.21. The molecule has 3 N–H and O–H groups in total. The SMILES string of the molecule is CC1(C)C(C(=O)O)C1c1cccc(-n2c(C(N)=O)cc3ccc(OC(F)(F)F)cc32)c1. The van der Waals surface area contributed by atoms with Crippen LogP contribution in [-0.4, -0.2) is 27.9 Å². The topological polar surface area (TPSA) is 94.5 Å². The predicted octanol–water partition coefficient (Wildman–Crippen LogP) is 4.45. The standard InChI is InChI=1S/C22H19F3N2O4/c1-21(2)17(18(21)20(29)30)12-4-3-5-13(8-12)27-15-10-14(31-22(23,24)25)7-6-11(15)9-16(27)19(26)28/h3-10,17-18H,1-2H3,(H2,26,28)(H,29,30). The number of primary amides is 1. The Kier molecular flexibility index (Phi) is 4.53. The van der Waals surface area contributed by atoms with Crippen molar-refractivity contribution >= 4 is 22.8 Å². The number of ether oxygens (including phenoxy) is 1. The first kappa shape index (κ1) is 20.8. The lowest BCUT2D eigenvalue weighted by Crippen LogP contribution is -2.17. The number of carboxylic acids is 1. The molecule has 2 aromatic carbocycles. The normalized spacial score (nSPS) is 19.9. The average molecular weight is 432 g/mol. The highest BCUT2D eigenvalue weighted by atomic mass is 19.4. The molecule has 0 bridgehead atoms. The van der Waals surface area contributed by atoms with E-state index in [-0.39, 0.29) is 11.6 Å². The number of carbonyl (C=O) groups is 2. The van der Waals surface area contributed by atoms with Gasteiger partial charge in [0.05, 0.1) is 11.4 Å². The Morgan fingerprint density at radius 2 is 1.84 bits per heavy atom. The summed E-state index contributed by atoms with van der Waals surface area (Å²) >= 11 is 0. The van der Waals surface area contributed by atoms with Gasteiger partial charge in [0.25, 0.3) is 5.91 Å². The van der Waals surface area contributed by atoms with Crippen LogP contribution in [0.25, 0.3) is 16.6 Å². The van der Waals surface area contributed by atoms with Crippen molar-refractivity contribution in [2.45, 2.75) is 26.1 Å². The zero-order valence-electron chi connectivity index (χ0n) is 16.6. The smallest absolute Gasteiger partial charge is 0.481 e. The third kappa shape index (κ3) is 3.60. The summed E-state index contributed by atoms with van der Waals surface area (Å²) in [6, 6.07) is 12.2. The maximum Gasteiger partial charge on any atom is 0.573 e. The number of benzene rings is 2. The lowest BCUT2D eigenvalue weighted by molar-refractivity contribution is -0.274. The van der Waals surface area contributed by atoms with Gasteiger partial charge in [-0.05, 0) is 41.3 Å². The summed E-state index contributed by atoms with van der Waals surface area (Å²) < 4.78 is 43.5. The average Bonchev–Trinajstić information content (AvgIpc) is 3.04. The fourth-order valence-corrected chi connectivity index (χ4v) is 4.42. The molecule has 0 saturated heterocycles. The van der Waals surface area contributed by atoms with Crippen molar-refractivity contribution in [3.05, 3.63) is 59.8 Å². The molecule has 0 aliphatic heterocycles. The van der Waals surface area contributed by atoms with Crippen LogP contribution in [0.2, 0.25) is 0 Å². The molecule has 1 saturated carbocycles. The number of aliphatic carboxylic acids is 1. The molecule has 3 aromatic rings. The van der Waals surface area contributed by atoms with E-state index in [0.717, 1.165) is 11.6 Å². The Balaban J connectivity index is 1.85. The largest absolute Gasteiger partial charge is 0.573 e. The van der Waals surface area contributed by atoms with Gasteiger partial charge < -0.3 is 20.1 Å². The predicted molar refractivity (Wildman–Crippen MR) is 106 cm³/mol. The molecule has 6 nitrogen and oxygen atoms in total. The number of alkyl halides is 3. The highest BCUT2D eigenvalue weighted by molar-refractivity contribution is 5.99. The van der Waals surface area contributed by atoms with Gasteiger partial charge in [0.1, 0.15) is 11.4 Å². The number of halogens is 3. The first-order valence-corrected chi connectivity index (χ1v) is 9.44. The zero-order valence-corrected chi connectivity index (χ0v) is 16.6. The number of rotatable bonds is 5. The number of hydrogen-bond donors (Lipinski definition) is 2. The molecule has 31 heavy (non-hydrogen) atoms. The van der Waals surface area contributed by atoms with Gasteiger partial charge in [0.15, 0.2) is 0 Å². The van der Waals surface area contributed by atoms with Crippen LogP contribution in [0, 0.1) is 11.3 Å². The van der Waals surface area contributed by atoms with Crippen LogP contribution in [0.5, 0.6) is 5.75 Å². The van der Waals surface area contributed by atoms with Crippen LogP contribution in [0.15, 0.2) is 48.5 Å². The monoisotopic (exact) mass is 432 g/mol. The lowest BCUT2D eigenvalue weighted by Gasteiger charge is -2.13. The Labute approximate surface area is 175 Å². The number of nitrogens with two attached hydrogens (primary N) is 1. The van der Waals surface area contributed by atoms with Crippen molar-refractivity contribution in [2.75, 3.05) is 0 Å². The zero-order chi connectivity index (χ0) is 22.7.